The van der Waals surface area contributed by atoms with E-state index in [1.807, 2.05) is 0 Å². The van der Waals surface area contributed by atoms with E-state index < -0.39 is 28.0 Å². The SMILES string of the molecule is NC1CCCN(S(=O)(=O)c2ccccc2F)CC1O. The zero-order valence-corrected chi connectivity index (χ0v) is 11.2. The Morgan fingerprint density at radius 3 is 2.74 bits per heavy atom. The molecule has 0 spiro atoms. The Bertz CT molecular complexity index is 550. The van der Waals surface area contributed by atoms with Crippen LogP contribution in [-0.2, 0) is 10.0 Å². The second-order valence-electron chi connectivity index (χ2n) is 4.67. The van der Waals surface area contributed by atoms with Crippen LogP contribution in [0.25, 0.3) is 0 Å². The summed E-state index contributed by atoms with van der Waals surface area (Å²) >= 11 is 0. The topological polar surface area (TPSA) is 83.6 Å². The van der Waals surface area contributed by atoms with Gasteiger partial charge in [-0.15, -0.1) is 0 Å². The Morgan fingerprint density at radius 2 is 2.05 bits per heavy atom. The Hall–Kier alpha value is -1.02. The van der Waals surface area contributed by atoms with E-state index in [0.29, 0.717) is 12.8 Å². The summed E-state index contributed by atoms with van der Waals surface area (Å²) < 4.78 is 39.4. The number of β-amino-alcohol motifs (C(OH)–C–C–N with tert-alkyl or cyclic N) is 1. The minimum atomic E-state index is -3.93. The third-order valence-corrected chi connectivity index (χ3v) is 5.18. The average Bonchev–Trinajstić information content (AvgIpc) is 2.53. The van der Waals surface area contributed by atoms with Crippen molar-refractivity contribution in [1.29, 1.82) is 0 Å². The zero-order chi connectivity index (χ0) is 14.0. The van der Waals surface area contributed by atoms with Gasteiger partial charge >= 0.3 is 0 Å². The number of benzene rings is 1. The summed E-state index contributed by atoms with van der Waals surface area (Å²) in [5.41, 5.74) is 5.71. The van der Waals surface area contributed by atoms with E-state index in [4.69, 9.17) is 5.73 Å². The van der Waals surface area contributed by atoms with Crippen LogP contribution in [0, 0.1) is 5.82 Å². The van der Waals surface area contributed by atoms with Crippen LogP contribution in [0.5, 0.6) is 0 Å². The van der Waals surface area contributed by atoms with Gasteiger partial charge in [0.2, 0.25) is 10.0 Å². The summed E-state index contributed by atoms with van der Waals surface area (Å²) in [4.78, 5) is -0.363. The maximum Gasteiger partial charge on any atom is 0.246 e. The number of hydrogen-bond donors (Lipinski definition) is 2. The Morgan fingerprint density at radius 1 is 1.37 bits per heavy atom. The normalized spacial score (nSPS) is 26.1. The van der Waals surface area contributed by atoms with Crippen molar-refractivity contribution in [2.24, 2.45) is 5.73 Å². The van der Waals surface area contributed by atoms with E-state index >= 15 is 0 Å². The first kappa shape index (κ1) is 14.4. The van der Waals surface area contributed by atoms with E-state index in [0.717, 1.165) is 10.4 Å². The van der Waals surface area contributed by atoms with E-state index in [1.54, 1.807) is 0 Å². The van der Waals surface area contributed by atoms with Crippen molar-refractivity contribution in [1.82, 2.24) is 4.31 Å². The highest BCUT2D eigenvalue weighted by atomic mass is 32.2. The lowest BCUT2D eigenvalue weighted by Crippen LogP contribution is -2.42. The summed E-state index contributed by atoms with van der Waals surface area (Å²) in [6.07, 6.45) is 0.167. The highest BCUT2D eigenvalue weighted by molar-refractivity contribution is 7.89. The fraction of sp³-hybridized carbons (Fsp3) is 0.500. The Kier molecular flexibility index (Phi) is 4.19. The van der Waals surface area contributed by atoms with Crippen LogP contribution in [0.4, 0.5) is 4.39 Å². The van der Waals surface area contributed by atoms with Gasteiger partial charge in [-0.05, 0) is 25.0 Å². The average molecular weight is 288 g/mol. The third kappa shape index (κ3) is 2.94. The molecule has 0 saturated carbocycles. The number of nitrogens with two attached hydrogens (primary N) is 1. The first-order valence-corrected chi connectivity index (χ1v) is 7.55. The monoisotopic (exact) mass is 288 g/mol. The van der Waals surface area contributed by atoms with Gasteiger partial charge in [-0.3, -0.25) is 0 Å². The van der Waals surface area contributed by atoms with Gasteiger partial charge in [0.25, 0.3) is 0 Å². The van der Waals surface area contributed by atoms with Crippen molar-refractivity contribution in [2.75, 3.05) is 13.1 Å². The van der Waals surface area contributed by atoms with Crippen LogP contribution in [0.3, 0.4) is 0 Å². The van der Waals surface area contributed by atoms with E-state index in [2.05, 4.69) is 0 Å². The molecule has 0 radical (unpaired) electrons. The molecule has 3 N–H and O–H groups in total. The van der Waals surface area contributed by atoms with Crippen LogP contribution >= 0.6 is 0 Å². The van der Waals surface area contributed by atoms with Crippen LogP contribution in [0.2, 0.25) is 0 Å². The Labute approximate surface area is 111 Å². The van der Waals surface area contributed by atoms with Crippen molar-refractivity contribution in [3.8, 4) is 0 Å². The molecule has 5 nitrogen and oxygen atoms in total. The van der Waals surface area contributed by atoms with Gasteiger partial charge in [0.05, 0.1) is 6.10 Å². The minimum absolute atomic E-state index is 0.0994. The number of sulfonamides is 1. The highest BCUT2D eigenvalue weighted by Crippen LogP contribution is 2.22. The summed E-state index contributed by atoms with van der Waals surface area (Å²) in [5.74, 6) is -0.787. The molecule has 19 heavy (non-hydrogen) atoms. The molecule has 0 aromatic heterocycles. The molecular formula is C12H17FN2O3S. The van der Waals surface area contributed by atoms with Crippen molar-refractivity contribution in [3.05, 3.63) is 30.1 Å². The first-order chi connectivity index (χ1) is 8.93. The fourth-order valence-corrected chi connectivity index (χ4v) is 3.70. The van der Waals surface area contributed by atoms with Gasteiger partial charge in [0.15, 0.2) is 0 Å². The number of aliphatic hydroxyl groups is 1. The highest BCUT2D eigenvalue weighted by Gasteiger charge is 2.32. The number of hydrogen-bond acceptors (Lipinski definition) is 4. The van der Waals surface area contributed by atoms with Crippen molar-refractivity contribution < 1.29 is 17.9 Å². The van der Waals surface area contributed by atoms with Crippen molar-refractivity contribution in [3.63, 3.8) is 0 Å². The molecule has 2 atom stereocenters. The lowest BCUT2D eigenvalue weighted by molar-refractivity contribution is 0.130. The molecular weight excluding hydrogens is 271 g/mol. The van der Waals surface area contributed by atoms with E-state index in [9.17, 15) is 17.9 Å². The predicted octanol–water partition coefficient (Wildman–Crippen LogP) is 0.298. The Balaban J connectivity index is 2.32. The largest absolute Gasteiger partial charge is 0.390 e. The summed E-state index contributed by atoms with van der Waals surface area (Å²) in [5, 5.41) is 9.78. The first-order valence-electron chi connectivity index (χ1n) is 6.11. The maximum absolute atomic E-state index is 13.6. The van der Waals surface area contributed by atoms with Crippen LogP contribution in [0.15, 0.2) is 29.2 Å². The predicted molar refractivity (Wildman–Crippen MR) is 68.4 cm³/mol. The molecule has 1 heterocycles. The summed E-state index contributed by atoms with van der Waals surface area (Å²) in [6, 6.07) is 4.78. The number of rotatable bonds is 2. The quantitative estimate of drug-likeness (QED) is 0.820. The van der Waals surface area contributed by atoms with Gasteiger partial charge in [-0.25, -0.2) is 12.8 Å². The lowest BCUT2D eigenvalue weighted by Gasteiger charge is -2.23. The second kappa shape index (κ2) is 5.54. The molecule has 106 valence electrons. The number of halogens is 1. The molecule has 1 aliphatic heterocycles. The molecule has 2 rings (SSSR count). The zero-order valence-electron chi connectivity index (χ0n) is 10.4. The molecule has 1 aromatic rings. The molecule has 1 fully saturated rings. The molecule has 0 aliphatic carbocycles. The minimum Gasteiger partial charge on any atom is -0.390 e. The molecule has 0 bridgehead atoms. The van der Waals surface area contributed by atoms with Gasteiger partial charge in [-0.1, -0.05) is 12.1 Å². The molecule has 7 heteroatoms. The smallest absolute Gasteiger partial charge is 0.246 e. The van der Waals surface area contributed by atoms with Crippen molar-refractivity contribution >= 4 is 10.0 Å². The summed E-state index contributed by atoms with van der Waals surface area (Å²) in [6.45, 7) is 0.138. The van der Waals surface area contributed by atoms with Gasteiger partial charge in [0, 0.05) is 19.1 Å². The van der Waals surface area contributed by atoms with Crippen molar-refractivity contribution in [2.45, 2.75) is 29.9 Å². The standard InChI is InChI=1S/C12H17FN2O3S/c13-9-4-1-2-6-12(9)19(17,18)15-7-3-5-10(14)11(16)8-15/h1-2,4,6,10-11,16H,3,5,7-8,14H2. The van der Waals surface area contributed by atoms with E-state index in [1.165, 1.54) is 18.2 Å². The third-order valence-electron chi connectivity index (χ3n) is 3.28. The summed E-state index contributed by atoms with van der Waals surface area (Å²) in [7, 11) is -3.93. The lowest BCUT2D eigenvalue weighted by atomic mass is 10.1. The van der Waals surface area contributed by atoms with Crippen LogP contribution in [0.1, 0.15) is 12.8 Å². The van der Waals surface area contributed by atoms with Gasteiger partial charge < -0.3 is 10.8 Å². The molecule has 1 aliphatic rings. The van der Waals surface area contributed by atoms with Crippen LogP contribution < -0.4 is 5.73 Å². The number of aliphatic hydroxyl groups excluding tert-OH is 1. The molecule has 2 unspecified atom stereocenters. The second-order valence-corrected chi connectivity index (χ2v) is 6.57. The number of nitrogens with zero attached hydrogens (tertiary/aromatic N) is 1. The van der Waals surface area contributed by atoms with Gasteiger partial charge in [-0.2, -0.15) is 4.31 Å². The molecule has 0 amide bonds. The molecule has 1 aromatic carbocycles. The maximum atomic E-state index is 13.6. The van der Waals surface area contributed by atoms with Gasteiger partial charge in [0.1, 0.15) is 10.7 Å². The fourth-order valence-electron chi connectivity index (χ4n) is 2.14. The molecule has 1 saturated heterocycles. The van der Waals surface area contributed by atoms with E-state index in [-0.39, 0.29) is 18.0 Å². The van der Waals surface area contributed by atoms with Crippen LogP contribution in [-0.4, -0.2) is 43.1 Å².